The molecule has 0 unspecified atom stereocenters. The van der Waals surface area contributed by atoms with Crippen LogP contribution in [0.5, 0.6) is 0 Å². The first-order valence-electron chi connectivity index (χ1n) is 5.76. The fraction of sp³-hybridized carbons (Fsp3) is 0.800. The van der Waals surface area contributed by atoms with E-state index in [1.54, 1.807) is 0 Å². The molecule has 8 N–H and O–H groups in total. The first-order chi connectivity index (χ1) is 8.57. The molecule has 0 aliphatic heterocycles. The summed E-state index contributed by atoms with van der Waals surface area (Å²) in [7, 11) is 0. The van der Waals surface area contributed by atoms with E-state index in [1.165, 1.54) is 0 Å². The van der Waals surface area contributed by atoms with Crippen LogP contribution < -0.4 is 22.9 Å². The molecule has 0 heterocycles. The molecule has 0 aromatic rings. The van der Waals surface area contributed by atoms with Crippen LogP contribution in [0.4, 0.5) is 0 Å². The van der Waals surface area contributed by atoms with E-state index in [0.717, 1.165) is 0 Å². The topological polar surface area (TPSA) is 157 Å². The normalized spacial score (nSPS) is 10.8. The SMILES string of the molecule is NCC(CN)OC(=O)CCC(=O)OC(CN)CN. The molecule has 0 spiro atoms. The second-order valence-corrected chi connectivity index (χ2v) is 3.67. The van der Waals surface area contributed by atoms with Crippen molar-refractivity contribution in [2.75, 3.05) is 26.2 Å². The average Bonchev–Trinajstić information content (AvgIpc) is 2.39. The van der Waals surface area contributed by atoms with Gasteiger partial charge in [-0.2, -0.15) is 0 Å². The summed E-state index contributed by atoms with van der Waals surface area (Å²) in [5, 5.41) is 0. The fourth-order valence-corrected chi connectivity index (χ4v) is 1.08. The molecule has 0 bridgehead atoms. The van der Waals surface area contributed by atoms with Crippen LogP contribution in [0, 0.1) is 0 Å². The van der Waals surface area contributed by atoms with Gasteiger partial charge < -0.3 is 32.4 Å². The van der Waals surface area contributed by atoms with Crippen LogP contribution in [0.25, 0.3) is 0 Å². The van der Waals surface area contributed by atoms with Gasteiger partial charge in [0, 0.05) is 26.2 Å². The highest BCUT2D eigenvalue weighted by Crippen LogP contribution is 2.00. The summed E-state index contributed by atoms with van der Waals surface area (Å²) in [4.78, 5) is 22.6. The lowest BCUT2D eigenvalue weighted by Crippen LogP contribution is -2.35. The standard InChI is InChI=1S/C10H22N4O4/c11-3-7(4-12)17-9(15)1-2-10(16)18-8(5-13)6-14/h7-8H,1-6,11-14H2. The summed E-state index contributed by atoms with van der Waals surface area (Å²) in [6.45, 7) is 0.592. The van der Waals surface area contributed by atoms with Crippen molar-refractivity contribution in [2.45, 2.75) is 25.0 Å². The van der Waals surface area contributed by atoms with Crippen molar-refractivity contribution in [1.82, 2.24) is 0 Å². The maximum Gasteiger partial charge on any atom is 0.306 e. The number of esters is 2. The Labute approximate surface area is 106 Å². The quantitative estimate of drug-likeness (QED) is 0.330. The van der Waals surface area contributed by atoms with Crippen LogP contribution in [0.2, 0.25) is 0 Å². The van der Waals surface area contributed by atoms with Crippen LogP contribution >= 0.6 is 0 Å². The van der Waals surface area contributed by atoms with Crippen LogP contribution in [0.3, 0.4) is 0 Å². The van der Waals surface area contributed by atoms with Crippen LogP contribution in [0.1, 0.15) is 12.8 Å². The van der Waals surface area contributed by atoms with Gasteiger partial charge in [-0.1, -0.05) is 0 Å². The largest absolute Gasteiger partial charge is 0.460 e. The van der Waals surface area contributed by atoms with E-state index in [1.807, 2.05) is 0 Å². The van der Waals surface area contributed by atoms with Crippen molar-refractivity contribution in [3.8, 4) is 0 Å². The lowest BCUT2D eigenvalue weighted by molar-refractivity contribution is -0.155. The first kappa shape index (κ1) is 16.8. The van der Waals surface area contributed by atoms with Gasteiger partial charge in [-0.3, -0.25) is 9.59 Å². The zero-order valence-corrected chi connectivity index (χ0v) is 10.3. The van der Waals surface area contributed by atoms with Crippen molar-refractivity contribution in [2.24, 2.45) is 22.9 Å². The number of carbonyl (C=O) groups excluding carboxylic acids is 2. The van der Waals surface area contributed by atoms with Gasteiger partial charge in [0.1, 0.15) is 12.2 Å². The van der Waals surface area contributed by atoms with E-state index in [4.69, 9.17) is 32.4 Å². The molecule has 0 radical (unpaired) electrons. The molecule has 8 heteroatoms. The number of hydrogen-bond donors (Lipinski definition) is 4. The van der Waals surface area contributed by atoms with E-state index < -0.39 is 24.1 Å². The highest BCUT2D eigenvalue weighted by atomic mass is 16.6. The van der Waals surface area contributed by atoms with Crippen molar-refractivity contribution in [1.29, 1.82) is 0 Å². The van der Waals surface area contributed by atoms with E-state index in [2.05, 4.69) is 0 Å². The number of ether oxygens (including phenoxy) is 2. The Morgan fingerprint density at radius 2 is 1.00 bits per heavy atom. The summed E-state index contributed by atoms with van der Waals surface area (Å²) in [5.41, 5.74) is 21.3. The Morgan fingerprint density at radius 3 is 1.22 bits per heavy atom. The van der Waals surface area contributed by atoms with Gasteiger partial charge in [0.05, 0.1) is 12.8 Å². The summed E-state index contributed by atoms with van der Waals surface area (Å²) in [6.07, 6.45) is -1.21. The Bertz CT molecular complexity index is 228. The molecular formula is C10H22N4O4. The number of carbonyl (C=O) groups is 2. The first-order valence-corrected chi connectivity index (χ1v) is 5.76. The van der Waals surface area contributed by atoms with E-state index in [0.29, 0.717) is 0 Å². The summed E-state index contributed by atoms with van der Waals surface area (Å²) in [5.74, 6) is -1.07. The second kappa shape index (κ2) is 9.77. The van der Waals surface area contributed by atoms with Gasteiger partial charge in [0.25, 0.3) is 0 Å². The third kappa shape index (κ3) is 7.17. The molecule has 0 amide bonds. The lowest BCUT2D eigenvalue weighted by atomic mass is 10.3. The van der Waals surface area contributed by atoms with Gasteiger partial charge in [-0.05, 0) is 0 Å². The minimum Gasteiger partial charge on any atom is -0.460 e. The number of nitrogens with two attached hydrogens (primary N) is 4. The van der Waals surface area contributed by atoms with Crippen LogP contribution in [-0.4, -0.2) is 50.3 Å². The molecule has 0 saturated carbocycles. The molecule has 0 atom stereocenters. The second-order valence-electron chi connectivity index (χ2n) is 3.67. The Kier molecular flexibility index (Phi) is 9.11. The molecule has 106 valence electrons. The van der Waals surface area contributed by atoms with E-state index in [9.17, 15) is 9.59 Å². The average molecular weight is 262 g/mol. The van der Waals surface area contributed by atoms with Crippen molar-refractivity contribution in [3.05, 3.63) is 0 Å². The Balaban J connectivity index is 3.87. The maximum atomic E-state index is 11.3. The Hall–Kier alpha value is -1.22. The van der Waals surface area contributed by atoms with E-state index in [-0.39, 0.29) is 39.0 Å². The van der Waals surface area contributed by atoms with Gasteiger partial charge in [-0.25, -0.2) is 0 Å². The molecule has 0 aromatic heterocycles. The zero-order chi connectivity index (χ0) is 14.0. The highest BCUT2D eigenvalue weighted by molar-refractivity contribution is 5.77. The molecule has 18 heavy (non-hydrogen) atoms. The third-order valence-corrected chi connectivity index (χ3v) is 2.18. The summed E-state index contributed by atoms with van der Waals surface area (Å²) < 4.78 is 9.82. The monoisotopic (exact) mass is 262 g/mol. The summed E-state index contributed by atoms with van der Waals surface area (Å²) in [6, 6.07) is 0. The minimum absolute atomic E-state index is 0.0861. The van der Waals surface area contributed by atoms with Gasteiger partial charge in [-0.15, -0.1) is 0 Å². The molecule has 0 fully saturated rings. The van der Waals surface area contributed by atoms with Crippen molar-refractivity contribution in [3.63, 3.8) is 0 Å². The molecule has 0 saturated heterocycles. The molecule has 0 rings (SSSR count). The van der Waals surface area contributed by atoms with E-state index >= 15 is 0 Å². The molecule has 8 nitrogen and oxygen atoms in total. The predicted octanol–water partition coefficient (Wildman–Crippen LogP) is -2.57. The van der Waals surface area contributed by atoms with Crippen LogP contribution in [-0.2, 0) is 19.1 Å². The molecule has 0 aromatic carbocycles. The molecular weight excluding hydrogens is 240 g/mol. The van der Waals surface area contributed by atoms with Gasteiger partial charge in [0.2, 0.25) is 0 Å². The third-order valence-electron chi connectivity index (χ3n) is 2.18. The maximum absolute atomic E-state index is 11.3. The smallest absolute Gasteiger partial charge is 0.306 e. The molecule has 0 aliphatic carbocycles. The summed E-state index contributed by atoms with van der Waals surface area (Å²) >= 11 is 0. The van der Waals surface area contributed by atoms with Gasteiger partial charge >= 0.3 is 11.9 Å². The number of hydrogen-bond acceptors (Lipinski definition) is 8. The predicted molar refractivity (Wildman–Crippen MR) is 65.2 cm³/mol. The van der Waals surface area contributed by atoms with Crippen LogP contribution in [0.15, 0.2) is 0 Å². The fourth-order valence-electron chi connectivity index (χ4n) is 1.08. The highest BCUT2D eigenvalue weighted by Gasteiger charge is 2.15. The van der Waals surface area contributed by atoms with Crippen molar-refractivity contribution < 1.29 is 19.1 Å². The van der Waals surface area contributed by atoms with Crippen molar-refractivity contribution >= 4 is 11.9 Å². The lowest BCUT2D eigenvalue weighted by Gasteiger charge is -2.15. The number of rotatable bonds is 9. The zero-order valence-electron chi connectivity index (χ0n) is 10.3. The van der Waals surface area contributed by atoms with Gasteiger partial charge in [0.15, 0.2) is 0 Å². The molecule has 0 aliphatic rings. The Morgan fingerprint density at radius 1 is 0.722 bits per heavy atom. The minimum atomic E-state index is -0.537.